The number of aryl methyl sites for hydroxylation is 1. The van der Waals surface area contributed by atoms with Gasteiger partial charge in [-0.25, -0.2) is 4.79 Å². The van der Waals surface area contributed by atoms with Gasteiger partial charge in [-0.3, -0.25) is 4.79 Å². The zero-order chi connectivity index (χ0) is 21.3. The van der Waals surface area contributed by atoms with Crippen LogP contribution >= 0.6 is 11.3 Å². The lowest BCUT2D eigenvalue weighted by molar-refractivity contribution is -0.119. The van der Waals surface area contributed by atoms with Crippen LogP contribution in [0.1, 0.15) is 70.3 Å². The Morgan fingerprint density at radius 2 is 1.90 bits per heavy atom. The molecule has 3 rings (SSSR count). The van der Waals surface area contributed by atoms with Gasteiger partial charge < -0.3 is 20.3 Å². The first-order valence-corrected chi connectivity index (χ1v) is 11.3. The lowest BCUT2D eigenvalue weighted by atomic mass is 10.0. The minimum atomic E-state index is -0.940. The van der Waals surface area contributed by atoms with Crippen molar-refractivity contribution in [2.24, 2.45) is 0 Å². The Balaban J connectivity index is 1.67. The van der Waals surface area contributed by atoms with Gasteiger partial charge in [0.1, 0.15) is 11.0 Å². The predicted molar refractivity (Wildman–Crippen MR) is 116 cm³/mol. The van der Waals surface area contributed by atoms with E-state index in [0.29, 0.717) is 13.0 Å². The number of rotatable bonds is 12. The number of carboxylic acid groups (broad SMARTS) is 1. The van der Waals surface area contributed by atoms with Crippen molar-refractivity contribution in [2.75, 3.05) is 13.2 Å². The average Bonchev–Trinajstić information content (AvgIpc) is 3.39. The molecule has 30 heavy (non-hydrogen) atoms. The van der Waals surface area contributed by atoms with E-state index in [9.17, 15) is 14.7 Å². The van der Waals surface area contributed by atoms with Crippen LogP contribution in [0.3, 0.4) is 0 Å². The average molecular weight is 432 g/mol. The van der Waals surface area contributed by atoms with Crippen molar-refractivity contribution in [2.45, 2.75) is 57.1 Å². The van der Waals surface area contributed by atoms with Gasteiger partial charge in [0, 0.05) is 17.9 Å². The molecule has 0 bridgehead atoms. The van der Waals surface area contributed by atoms with E-state index in [1.807, 2.05) is 12.1 Å². The number of aliphatic hydroxyl groups excluding tert-OH is 1. The molecule has 2 atom stereocenters. The van der Waals surface area contributed by atoms with Gasteiger partial charge in [0.15, 0.2) is 0 Å². The highest BCUT2D eigenvalue weighted by atomic mass is 32.1. The third-order valence-electron chi connectivity index (χ3n) is 5.30. The Hall–Kier alpha value is -2.22. The van der Waals surface area contributed by atoms with Gasteiger partial charge in [-0.1, -0.05) is 37.1 Å². The standard InChI is InChI=1S/C23H29NO5S/c25-14-4-2-1-3-5-16-6-8-17(9-7-16)22(19-11-12-20(30-19)23(27)28)29-15-18-10-13-21(26)24-18/h6-9,11-12,18,22,25H,1-5,10,13-15H2,(H,24,26)(H,27,28)/t18-,22?/m0/s1. The van der Waals surface area contributed by atoms with Gasteiger partial charge in [-0.05, 0) is 48.9 Å². The van der Waals surface area contributed by atoms with Crippen molar-refractivity contribution in [3.63, 3.8) is 0 Å². The molecule has 162 valence electrons. The van der Waals surface area contributed by atoms with Crippen molar-refractivity contribution in [1.82, 2.24) is 5.32 Å². The highest BCUT2D eigenvalue weighted by Crippen LogP contribution is 2.32. The van der Waals surface area contributed by atoms with Gasteiger partial charge in [-0.2, -0.15) is 0 Å². The number of carbonyl (C=O) groups is 2. The molecule has 0 saturated carbocycles. The summed E-state index contributed by atoms with van der Waals surface area (Å²) in [5.41, 5.74) is 2.23. The van der Waals surface area contributed by atoms with Gasteiger partial charge >= 0.3 is 5.97 Å². The fourth-order valence-electron chi connectivity index (χ4n) is 3.62. The van der Waals surface area contributed by atoms with Crippen LogP contribution < -0.4 is 5.32 Å². The van der Waals surface area contributed by atoms with Crippen LogP contribution in [0.15, 0.2) is 36.4 Å². The monoisotopic (exact) mass is 431 g/mol. The number of aromatic carboxylic acids is 1. The first-order chi connectivity index (χ1) is 14.6. The zero-order valence-corrected chi connectivity index (χ0v) is 17.8. The molecule has 1 amide bonds. The van der Waals surface area contributed by atoms with Crippen LogP contribution in [0.25, 0.3) is 0 Å². The Morgan fingerprint density at radius 1 is 1.13 bits per heavy atom. The Labute approximate surface area is 180 Å². The maximum Gasteiger partial charge on any atom is 0.345 e. The number of thiophene rings is 1. The predicted octanol–water partition coefficient (Wildman–Crippen LogP) is 3.93. The van der Waals surface area contributed by atoms with E-state index < -0.39 is 5.97 Å². The second kappa shape index (κ2) is 11.2. The third-order valence-corrected chi connectivity index (χ3v) is 6.42. The van der Waals surface area contributed by atoms with Gasteiger partial charge in [0.25, 0.3) is 0 Å². The maximum atomic E-state index is 11.5. The summed E-state index contributed by atoms with van der Waals surface area (Å²) < 4.78 is 6.18. The highest BCUT2D eigenvalue weighted by molar-refractivity contribution is 7.14. The second-order valence-corrected chi connectivity index (χ2v) is 8.77. The molecular formula is C23H29NO5S. The van der Waals surface area contributed by atoms with Gasteiger partial charge in [-0.15, -0.1) is 11.3 Å². The van der Waals surface area contributed by atoms with Crippen LogP contribution in [0.2, 0.25) is 0 Å². The molecule has 0 spiro atoms. The molecule has 1 saturated heterocycles. The minimum absolute atomic E-state index is 0.00268. The molecular weight excluding hydrogens is 402 g/mol. The van der Waals surface area contributed by atoms with Crippen LogP contribution in [-0.4, -0.2) is 41.3 Å². The van der Waals surface area contributed by atoms with Crippen molar-refractivity contribution in [3.05, 3.63) is 57.3 Å². The molecule has 1 aliphatic rings. The lowest BCUT2D eigenvalue weighted by Gasteiger charge is -2.20. The molecule has 2 aromatic rings. The van der Waals surface area contributed by atoms with Crippen LogP contribution in [0, 0.1) is 0 Å². The fraction of sp³-hybridized carbons (Fsp3) is 0.478. The summed E-state index contributed by atoms with van der Waals surface area (Å²) in [6.07, 6.45) is 6.01. The number of carboxylic acids is 1. The third kappa shape index (κ3) is 6.39. The van der Waals surface area contributed by atoms with E-state index in [1.54, 1.807) is 12.1 Å². The van der Waals surface area contributed by atoms with Crippen molar-refractivity contribution in [3.8, 4) is 0 Å². The molecule has 1 aromatic heterocycles. The summed E-state index contributed by atoms with van der Waals surface area (Å²) in [7, 11) is 0. The van der Waals surface area contributed by atoms with E-state index >= 15 is 0 Å². The Bertz CT molecular complexity index is 832. The van der Waals surface area contributed by atoms with E-state index in [2.05, 4.69) is 17.4 Å². The summed E-state index contributed by atoms with van der Waals surface area (Å²) in [4.78, 5) is 23.9. The molecule has 0 aliphatic carbocycles. The summed E-state index contributed by atoms with van der Waals surface area (Å²) in [5.74, 6) is -0.891. The molecule has 1 aliphatic heterocycles. The highest BCUT2D eigenvalue weighted by Gasteiger charge is 2.24. The SMILES string of the molecule is O=C1CC[C@@H](COC(c2ccc(CCCCCCO)cc2)c2ccc(C(=O)O)s2)N1. The van der Waals surface area contributed by atoms with Crippen molar-refractivity contribution in [1.29, 1.82) is 0 Å². The summed E-state index contributed by atoms with van der Waals surface area (Å²) in [6.45, 7) is 0.649. The number of unbranched alkanes of at least 4 members (excludes halogenated alkanes) is 3. The smallest absolute Gasteiger partial charge is 0.345 e. The first-order valence-electron chi connectivity index (χ1n) is 10.5. The number of nitrogens with one attached hydrogen (secondary N) is 1. The molecule has 1 fully saturated rings. The maximum absolute atomic E-state index is 11.5. The second-order valence-electron chi connectivity index (χ2n) is 7.65. The molecule has 2 heterocycles. The normalized spacial score (nSPS) is 17.1. The molecule has 6 nitrogen and oxygen atoms in total. The zero-order valence-electron chi connectivity index (χ0n) is 17.0. The molecule has 0 radical (unpaired) electrons. The molecule has 7 heteroatoms. The van der Waals surface area contributed by atoms with Crippen molar-refractivity contribution >= 4 is 23.2 Å². The quantitative estimate of drug-likeness (QED) is 0.443. The number of hydrogen-bond acceptors (Lipinski definition) is 5. The van der Waals surface area contributed by atoms with Crippen molar-refractivity contribution < 1.29 is 24.5 Å². The largest absolute Gasteiger partial charge is 0.477 e. The van der Waals surface area contributed by atoms with Gasteiger partial charge in [0.2, 0.25) is 5.91 Å². The van der Waals surface area contributed by atoms with E-state index in [0.717, 1.165) is 49.0 Å². The van der Waals surface area contributed by atoms with E-state index in [-0.39, 0.29) is 29.5 Å². The fourth-order valence-corrected chi connectivity index (χ4v) is 4.54. The molecule has 1 aromatic carbocycles. The van der Waals surface area contributed by atoms with E-state index in [4.69, 9.17) is 9.84 Å². The summed E-state index contributed by atoms with van der Waals surface area (Å²) >= 11 is 1.22. The minimum Gasteiger partial charge on any atom is -0.477 e. The van der Waals surface area contributed by atoms with Crippen LogP contribution in [0.5, 0.6) is 0 Å². The number of ether oxygens (including phenoxy) is 1. The number of benzene rings is 1. The number of hydrogen-bond donors (Lipinski definition) is 3. The van der Waals surface area contributed by atoms with Crippen LogP contribution in [0.4, 0.5) is 0 Å². The van der Waals surface area contributed by atoms with Crippen LogP contribution in [-0.2, 0) is 16.0 Å². The number of carbonyl (C=O) groups excluding carboxylic acids is 1. The topological polar surface area (TPSA) is 95.9 Å². The van der Waals surface area contributed by atoms with Gasteiger partial charge in [0.05, 0.1) is 12.6 Å². The summed E-state index contributed by atoms with van der Waals surface area (Å²) in [6, 6.07) is 11.7. The molecule has 1 unspecified atom stereocenters. The first kappa shape index (κ1) is 22.5. The number of amides is 1. The Kier molecular flexibility index (Phi) is 8.42. The van der Waals surface area contributed by atoms with E-state index in [1.165, 1.54) is 16.9 Å². The lowest BCUT2D eigenvalue weighted by Crippen LogP contribution is -2.30. The number of aliphatic hydroxyl groups is 1. The summed E-state index contributed by atoms with van der Waals surface area (Å²) in [5, 5.41) is 21.0. The Morgan fingerprint density at radius 3 is 2.53 bits per heavy atom. The molecule has 3 N–H and O–H groups in total.